The van der Waals surface area contributed by atoms with Gasteiger partial charge in [-0.05, 0) is 42.5 Å². The minimum atomic E-state index is 0.221. The number of rotatable bonds is 2. The van der Waals surface area contributed by atoms with E-state index in [0.29, 0.717) is 16.9 Å². The molecule has 2 nitrogen and oxygen atoms in total. The van der Waals surface area contributed by atoms with Gasteiger partial charge in [-0.3, -0.25) is 0 Å². The van der Waals surface area contributed by atoms with Crippen LogP contribution in [0.1, 0.15) is 17.9 Å². The SMILES string of the molecule is NC[C@@H]1C[C@H]1c1ccc(O)cc1Cl. The maximum absolute atomic E-state index is 9.15. The van der Waals surface area contributed by atoms with E-state index in [1.165, 1.54) is 0 Å². The third kappa shape index (κ3) is 1.64. The zero-order valence-electron chi connectivity index (χ0n) is 7.20. The number of hydrogen-bond acceptors (Lipinski definition) is 2. The Morgan fingerprint density at radius 1 is 1.54 bits per heavy atom. The van der Waals surface area contributed by atoms with Crippen LogP contribution in [0.25, 0.3) is 0 Å². The average molecular weight is 198 g/mol. The fraction of sp³-hybridized carbons (Fsp3) is 0.400. The van der Waals surface area contributed by atoms with Crippen molar-refractivity contribution >= 4 is 11.6 Å². The molecule has 0 unspecified atom stereocenters. The molecule has 13 heavy (non-hydrogen) atoms. The molecule has 0 spiro atoms. The highest BCUT2D eigenvalue weighted by molar-refractivity contribution is 6.31. The van der Waals surface area contributed by atoms with E-state index in [2.05, 4.69) is 0 Å². The summed E-state index contributed by atoms with van der Waals surface area (Å²) < 4.78 is 0. The van der Waals surface area contributed by atoms with Crippen molar-refractivity contribution in [3.8, 4) is 5.75 Å². The van der Waals surface area contributed by atoms with Crippen molar-refractivity contribution in [3.63, 3.8) is 0 Å². The lowest BCUT2D eigenvalue weighted by Crippen LogP contribution is -2.02. The van der Waals surface area contributed by atoms with Gasteiger partial charge in [0.15, 0.2) is 0 Å². The van der Waals surface area contributed by atoms with Gasteiger partial charge in [0.05, 0.1) is 0 Å². The van der Waals surface area contributed by atoms with Crippen LogP contribution < -0.4 is 5.73 Å². The second-order valence-electron chi connectivity index (χ2n) is 3.54. The van der Waals surface area contributed by atoms with Gasteiger partial charge in [-0.25, -0.2) is 0 Å². The van der Waals surface area contributed by atoms with Gasteiger partial charge < -0.3 is 10.8 Å². The molecule has 0 aromatic heterocycles. The van der Waals surface area contributed by atoms with E-state index in [1.807, 2.05) is 6.07 Å². The van der Waals surface area contributed by atoms with Gasteiger partial charge in [0.1, 0.15) is 5.75 Å². The van der Waals surface area contributed by atoms with E-state index >= 15 is 0 Å². The largest absolute Gasteiger partial charge is 0.508 e. The first-order valence-electron chi connectivity index (χ1n) is 4.41. The van der Waals surface area contributed by atoms with Gasteiger partial charge in [0.2, 0.25) is 0 Å². The van der Waals surface area contributed by atoms with E-state index in [4.69, 9.17) is 22.4 Å². The molecule has 70 valence electrons. The topological polar surface area (TPSA) is 46.2 Å². The Morgan fingerprint density at radius 2 is 2.31 bits per heavy atom. The molecule has 1 aromatic carbocycles. The molecule has 3 heteroatoms. The summed E-state index contributed by atoms with van der Waals surface area (Å²) in [5, 5.41) is 9.81. The number of phenols is 1. The Bertz CT molecular complexity index is 327. The van der Waals surface area contributed by atoms with E-state index < -0.39 is 0 Å². The van der Waals surface area contributed by atoms with Gasteiger partial charge in [-0.1, -0.05) is 17.7 Å². The first-order chi connectivity index (χ1) is 6.22. The monoisotopic (exact) mass is 197 g/mol. The van der Waals surface area contributed by atoms with Crippen LogP contribution in [0.4, 0.5) is 0 Å². The van der Waals surface area contributed by atoms with E-state index in [-0.39, 0.29) is 5.75 Å². The Morgan fingerprint density at radius 3 is 2.85 bits per heavy atom. The summed E-state index contributed by atoms with van der Waals surface area (Å²) in [7, 11) is 0. The van der Waals surface area contributed by atoms with E-state index in [0.717, 1.165) is 18.5 Å². The highest BCUT2D eigenvalue weighted by Gasteiger charge is 2.38. The number of nitrogens with two attached hydrogens (primary N) is 1. The first-order valence-corrected chi connectivity index (χ1v) is 4.78. The van der Waals surface area contributed by atoms with Crippen LogP contribution in [0.15, 0.2) is 18.2 Å². The summed E-state index contributed by atoms with van der Waals surface area (Å²) in [6.45, 7) is 0.724. The molecule has 2 atom stereocenters. The van der Waals surface area contributed by atoms with Crippen molar-refractivity contribution in [1.82, 2.24) is 0 Å². The van der Waals surface area contributed by atoms with Crippen molar-refractivity contribution in [1.29, 1.82) is 0 Å². The lowest BCUT2D eigenvalue weighted by atomic mass is 10.1. The predicted octanol–water partition coefficient (Wildman–Crippen LogP) is 2.11. The number of benzene rings is 1. The van der Waals surface area contributed by atoms with Crippen molar-refractivity contribution in [2.45, 2.75) is 12.3 Å². The number of phenolic OH excluding ortho intramolecular Hbond substituents is 1. The Balaban J connectivity index is 2.22. The fourth-order valence-corrected chi connectivity index (χ4v) is 2.02. The quantitative estimate of drug-likeness (QED) is 0.763. The molecule has 1 aliphatic carbocycles. The lowest BCUT2D eigenvalue weighted by Gasteiger charge is -2.02. The highest BCUT2D eigenvalue weighted by atomic mass is 35.5. The maximum atomic E-state index is 9.15. The van der Waals surface area contributed by atoms with Crippen LogP contribution in [0.3, 0.4) is 0 Å². The van der Waals surface area contributed by atoms with Crippen molar-refractivity contribution in [3.05, 3.63) is 28.8 Å². The fourth-order valence-electron chi connectivity index (χ4n) is 1.71. The van der Waals surface area contributed by atoms with Gasteiger partial charge >= 0.3 is 0 Å². The lowest BCUT2D eigenvalue weighted by molar-refractivity contribution is 0.475. The smallest absolute Gasteiger partial charge is 0.117 e. The van der Waals surface area contributed by atoms with Gasteiger partial charge in [-0.2, -0.15) is 0 Å². The molecule has 0 bridgehead atoms. The third-order valence-corrected chi connectivity index (χ3v) is 2.94. The first kappa shape index (κ1) is 8.85. The molecule has 0 heterocycles. The van der Waals surface area contributed by atoms with Gasteiger partial charge in [0, 0.05) is 5.02 Å². The molecule has 0 amide bonds. The van der Waals surface area contributed by atoms with Crippen molar-refractivity contribution < 1.29 is 5.11 Å². The summed E-state index contributed by atoms with van der Waals surface area (Å²) in [6.07, 6.45) is 1.13. The molecule has 1 saturated carbocycles. The summed E-state index contributed by atoms with van der Waals surface area (Å²) in [4.78, 5) is 0. The van der Waals surface area contributed by atoms with E-state index in [1.54, 1.807) is 12.1 Å². The second-order valence-corrected chi connectivity index (χ2v) is 3.95. The average Bonchev–Trinajstić information content (AvgIpc) is 2.83. The molecule has 0 radical (unpaired) electrons. The molecule has 3 N–H and O–H groups in total. The van der Waals surface area contributed by atoms with E-state index in [9.17, 15) is 0 Å². The zero-order chi connectivity index (χ0) is 9.42. The van der Waals surface area contributed by atoms with Crippen LogP contribution in [-0.4, -0.2) is 11.7 Å². The minimum Gasteiger partial charge on any atom is -0.508 e. The van der Waals surface area contributed by atoms with Crippen LogP contribution in [0, 0.1) is 5.92 Å². The molecule has 0 saturated heterocycles. The summed E-state index contributed by atoms with van der Waals surface area (Å²) in [5.74, 6) is 1.32. The van der Waals surface area contributed by atoms with Crippen molar-refractivity contribution in [2.24, 2.45) is 11.7 Å². The molecule has 1 fully saturated rings. The molecular weight excluding hydrogens is 186 g/mol. The standard InChI is InChI=1S/C10H12ClNO/c11-10-4-7(13)1-2-8(10)9-3-6(9)5-12/h1-2,4,6,9,13H,3,5,12H2/t6-,9+/m0/s1. The van der Waals surface area contributed by atoms with Gasteiger partial charge in [-0.15, -0.1) is 0 Å². The number of halogens is 1. The molecule has 2 rings (SSSR count). The third-order valence-electron chi connectivity index (χ3n) is 2.61. The summed E-state index contributed by atoms with van der Waals surface area (Å²) in [5.41, 5.74) is 6.67. The predicted molar refractivity (Wildman–Crippen MR) is 53.0 cm³/mol. The molecule has 0 aliphatic heterocycles. The molecule has 1 aromatic rings. The Labute approximate surface area is 82.3 Å². The molecular formula is C10H12ClNO. The Kier molecular flexibility index (Phi) is 2.18. The van der Waals surface area contributed by atoms with Crippen LogP contribution in [0.5, 0.6) is 5.75 Å². The summed E-state index contributed by atoms with van der Waals surface area (Å²) in [6, 6.07) is 5.15. The van der Waals surface area contributed by atoms with Crippen LogP contribution >= 0.6 is 11.6 Å². The number of aromatic hydroxyl groups is 1. The van der Waals surface area contributed by atoms with Crippen LogP contribution in [0.2, 0.25) is 5.02 Å². The summed E-state index contributed by atoms with van der Waals surface area (Å²) >= 11 is 5.99. The van der Waals surface area contributed by atoms with Crippen molar-refractivity contribution in [2.75, 3.05) is 6.54 Å². The highest BCUT2D eigenvalue weighted by Crippen LogP contribution is 2.49. The van der Waals surface area contributed by atoms with Crippen LogP contribution in [-0.2, 0) is 0 Å². The molecule has 1 aliphatic rings. The normalized spacial score (nSPS) is 26.0. The minimum absolute atomic E-state index is 0.221. The van der Waals surface area contributed by atoms with Gasteiger partial charge in [0.25, 0.3) is 0 Å². The zero-order valence-corrected chi connectivity index (χ0v) is 7.96. The maximum Gasteiger partial charge on any atom is 0.117 e. The second kappa shape index (κ2) is 3.20. The Hall–Kier alpha value is -0.730. The number of hydrogen-bond donors (Lipinski definition) is 2.